The molecule has 2 aromatic rings. The normalized spacial score (nSPS) is 11.0. The molecule has 0 radical (unpaired) electrons. The van der Waals surface area contributed by atoms with Crippen molar-refractivity contribution in [2.24, 2.45) is 0 Å². The molecule has 2 rings (SSSR count). The van der Waals surface area contributed by atoms with E-state index in [2.05, 4.69) is 5.32 Å². The first-order chi connectivity index (χ1) is 11.7. The number of benzene rings is 2. The second kappa shape index (κ2) is 7.39. The molecule has 0 saturated carbocycles. The van der Waals surface area contributed by atoms with E-state index in [1.165, 1.54) is 24.3 Å². The number of anilines is 1. The summed E-state index contributed by atoms with van der Waals surface area (Å²) < 4.78 is 53.2. The Bertz CT molecular complexity index is 911. The number of nitrogens with one attached hydrogen (secondary N) is 1. The topological polar surface area (TPSA) is 89.5 Å². The van der Waals surface area contributed by atoms with Gasteiger partial charge in [0.1, 0.15) is 0 Å². The van der Waals surface area contributed by atoms with E-state index in [1.54, 1.807) is 0 Å². The number of sulfone groups is 1. The number of hydrogen-bond donors (Lipinski definition) is 1. The molecule has 0 fully saturated rings. The van der Waals surface area contributed by atoms with Crippen molar-refractivity contribution in [2.75, 3.05) is 18.2 Å². The molecule has 6 nitrogen and oxygen atoms in total. The highest BCUT2D eigenvalue weighted by Gasteiger charge is 2.13. The fourth-order valence-corrected chi connectivity index (χ4v) is 2.45. The van der Waals surface area contributed by atoms with Crippen LogP contribution < -0.4 is 5.32 Å². The van der Waals surface area contributed by atoms with E-state index in [-0.39, 0.29) is 16.1 Å². The molecular formula is C16H13F2NO5S. The van der Waals surface area contributed by atoms with Crippen LogP contribution in [0.4, 0.5) is 14.5 Å². The first-order valence-electron chi connectivity index (χ1n) is 6.89. The highest BCUT2D eigenvalue weighted by molar-refractivity contribution is 7.90. The molecule has 0 spiro atoms. The molecule has 9 heteroatoms. The molecule has 0 aliphatic rings. The van der Waals surface area contributed by atoms with Crippen LogP contribution >= 0.6 is 0 Å². The lowest BCUT2D eigenvalue weighted by Gasteiger charge is -2.07. The predicted octanol–water partition coefficient (Wildman–Crippen LogP) is 2.16. The zero-order chi connectivity index (χ0) is 18.6. The van der Waals surface area contributed by atoms with Gasteiger partial charge in [0.2, 0.25) is 0 Å². The highest BCUT2D eigenvalue weighted by Crippen LogP contribution is 2.13. The fraction of sp³-hybridized carbons (Fsp3) is 0.125. The van der Waals surface area contributed by atoms with Crippen molar-refractivity contribution >= 4 is 27.4 Å². The monoisotopic (exact) mass is 369 g/mol. The van der Waals surface area contributed by atoms with E-state index < -0.39 is 40.0 Å². The van der Waals surface area contributed by atoms with Gasteiger partial charge >= 0.3 is 5.97 Å². The maximum absolute atomic E-state index is 13.0. The van der Waals surface area contributed by atoms with Crippen molar-refractivity contribution in [2.45, 2.75) is 4.90 Å². The van der Waals surface area contributed by atoms with Gasteiger partial charge in [0.05, 0.1) is 10.5 Å². The van der Waals surface area contributed by atoms with Gasteiger partial charge in [0, 0.05) is 18.0 Å². The van der Waals surface area contributed by atoms with E-state index in [4.69, 9.17) is 4.74 Å². The van der Waals surface area contributed by atoms with Crippen molar-refractivity contribution in [1.82, 2.24) is 0 Å². The van der Waals surface area contributed by atoms with Gasteiger partial charge in [-0.1, -0.05) is 0 Å². The minimum atomic E-state index is -3.39. The summed E-state index contributed by atoms with van der Waals surface area (Å²) in [5, 5.41) is 2.24. The number of esters is 1. The molecular weight excluding hydrogens is 356 g/mol. The summed E-state index contributed by atoms with van der Waals surface area (Å²) in [7, 11) is -3.39. The minimum absolute atomic E-state index is 0.0115. The Hall–Kier alpha value is -2.81. The minimum Gasteiger partial charge on any atom is -0.452 e. The van der Waals surface area contributed by atoms with Crippen molar-refractivity contribution in [1.29, 1.82) is 0 Å². The van der Waals surface area contributed by atoms with Gasteiger partial charge in [-0.25, -0.2) is 22.0 Å². The van der Waals surface area contributed by atoms with Gasteiger partial charge in [-0.05, 0) is 36.4 Å². The van der Waals surface area contributed by atoms with E-state index in [1.807, 2.05) is 0 Å². The molecule has 0 aliphatic heterocycles. The molecule has 0 saturated heterocycles. The zero-order valence-electron chi connectivity index (χ0n) is 13.0. The van der Waals surface area contributed by atoms with Crippen LogP contribution in [-0.4, -0.2) is 33.2 Å². The number of hydrogen-bond acceptors (Lipinski definition) is 5. The van der Waals surface area contributed by atoms with Crippen molar-refractivity contribution in [3.05, 3.63) is 59.7 Å². The van der Waals surface area contributed by atoms with Gasteiger partial charge in [-0.3, -0.25) is 4.79 Å². The van der Waals surface area contributed by atoms with Crippen LogP contribution in [0.1, 0.15) is 10.4 Å². The third-order valence-electron chi connectivity index (χ3n) is 3.06. The van der Waals surface area contributed by atoms with Crippen molar-refractivity contribution in [3.8, 4) is 0 Å². The molecule has 2 aromatic carbocycles. The summed E-state index contributed by atoms with van der Waals surface area (Å²) in [5.41, 5.74) is 0.0745. The van der Waals surface area contributed by atoms with Gasteiger partial charge in [0.25, 0.3) is 5.91 Å². The molecule has 1 N–H and O–H groups in total. The van der Waals surface area contributed by atoms with Crippen LogP contribution in [0.3, 0.4) is 0 Å². The lowest BCUT2D eigenvalue weighted by Crippen LogP contribution is -2.21. The largest absolute Gasteiger partial charge is 0.452 e. The molecule has 0 atom stereocenters. The van der Waals surface area contributed by atoms with Crippen LogP contribution in [0.25, 0.3) is 0 Å². The summed E-state index contributed by atoms with van der Waals surface area (Å²) in [6.07, 6.45) is 1.03. The number of carbonyl (C=O) groups excluding carboxylic acids is 2. The fourth-order valence-electron chi connectivity index (χ4n) is 1.82. The average Bonchev–Trinajstić information content (AvgIpc) is 2.55. The second-order valence-corrected chi connectivity index (χ2v) is 7.07. The molecule has 0 aliphatic carbocycles. The number of amides is 1. The Morgan fingerprint density at radius 1 is 1.04 bits per heavy atom. The average molecular weight is 369 g/mol. The molecule has 132 valence electrons. The van der Waals surface area contributed by atoms with Gasteiger partial charge in [-0.2, -0.15) is 0 Å². The smallest absolute Gasteiger partial charge is 0.338 e. The Morgan fingerprint density at radius 3 is 2.24 bits per heavy atom. The van der Waals surface area contributed by atoms with Gasteiger partial charge in [-0.15, -0.1) is 0 Å². The Morgan fingerprint density at radius 2 is 1.68 bits per heavy atom. The van der Waals surface area contributed by atoms with Gasteiger partial charge in [0.15, 0.2) is 28.1 Å². The Labute approximate surface area is 142 Å². The molecule has 0 unspecified atom stereocenters. The summed E-state index contributed by atoms with van der Waals surface area (Å²) in [4.78, 5) is 23.5. The SMILES string of the molecule is CS(=O)(=O)c1ccc(C(=O)OCC(=O)Nc2ccc(F)c(F)c2)cc1. The van der Waals surface area contributed by atoms with E-state index in [0.717, 1.165) is 24.5 Å². The second-order valence-electron chi connectivity index (χ2n) is 5.05. The Balaban J connectivity index is 1.92. The van der Waals surface area contributed by atoms with E-state index in [0.29, 0.717) is 0 Å². The van der Waals surface area contributed by atoms with Crippen LogP contribution in [0, 0.1) is 11.6 Å². The third kappa shape index (κ3) is 5.08. The summed E-state index contributed by atoms with van der Waals surface area (Å²) >= 11 is 0. The number of ether oxygens (including phenoxy) is 1. The summed E-state index contributed by atoms with van der Waals surface area (Å²) in [6, 6.07) is 7.79. The Kier molecular flexibility index (Phi) is 5.48. The number of carbonyl (C=O) groups is 2. The van der Waals surface area contributed by atoms with Crippen LogP contribution in [0.2, 0.25) is 0 Å². The summed E-state index contributed by atoms with van der Waals surface area (Å²) in [5.74, 6) is -3.75. The molecule has 0 aromatic heterocycles. The summed E-state index contributed by atoms with van der Waals surface area (Å²) in [6.45, 7) is -0.647. The van der Waals surface area contributed by atoms with Crippen LogP contribution in [-0.2, 0) is 19.4 Å². The van der Waals surface area contributed by atoms with Crippen molar-refractivity contribution in [3.63, 3.8) is 0 Å². The molecule has 0 bridgehead atoms. The third-order valence-corrected chi connectivity index (χ3v) is 4.18. The lowest BCUT2D eigenvalue weighted by atomic mass is 10.2. The first kappa shape index (κ1) is 18.5. The number of rotatable bonds is 5. The predicted molar refractivity (Wildman–Crippen MR) is 84.8 cm³/mol. The van der Waals surface area contributed by atoms with Gasteiger partial charge < -0.3 is 10.1 Å². The molecule has 25 heavy (non-hydrogen) atoms. The van der Waals surface area contributed by atoms with Crippen molar-refractivity contribution < 1.29 is 31.5 Å². The van der Waals surface area contributed by atoms with E-state index >= 15 is 0 Å². The van der Waals surface area contributed by atoms with Crippen LogP contribution in [0.5, 0.6) is 0 Å². The quantitative estimate of drug-likeness (QED) is 0.816. The maximum atomic E-state index is 13.0. The molecule has 1 amide bonds. The lowest BCUT2D eigenvalue weighted by molar-refractivity contribution is -0.119. The standard InChI is InChI=1S/C16H13F2NO5S/c1-25(22,23)12-5-2-10(3-6-12)16(21)24-9-15(20)19-11-4-7-13(17)14(18)8-11/h2-8H,9H2,1H3,(H,19,20). The first-order valence-corrected chi connectivity index (χ1v) is 8.78. The number of halogens is 2. The van der Waals surface area contributed by atoms with E-state index in [9.17, 15) is 26.8 Å². The zero-order valence-corrected chi connectivity index (χ0v) is 13.8. The van der Waals surface area contributed by atoms with Crippen LogP contribution in [0.15, 0.2) is 47.4 Å². The molecule has 0 heterocycles. The highest BCUT2D eigenvalue weighted by atomic mass is 32.2. The maximum Gasteiger partial charge on any atom is 0.338 e.